The maximum absolute atomic E-state index is 11.1. The molecule has 53 heavy (non-hydrogen) atoms. The number of nitrogens with zero attached hydrogens (tertiary/aromatic N) is 4. The standard InChI is InChI=1S/C18H20ClN5O.4C2HF3O2/c19-16-3-1-12(2-4-16)7-23-8-14-10-24(11-15(14)9-23)18-21-5-13(6-22-18)17(20)25;4*3-2(4,5)1(6)7/h1-6,14-15H,7-11H2,(H2,20,25);4*(H,6,7). The minimum absolute atomic E-state index is 0.345. The van der Waals surface area contributed by atoms with Gasteiger partial charge in [0.05, 0.1) is 5.56 Å². The number of primary amides is 1. The van der Waals surface area contributed by atoms with Crippen LogP contribution in [0.15, 0.2) is 36.7 Å². The number of nitrogens with two attached hydrogens (primary N) is 1. The zero-order valence-electron chi connectivity index (χ0n) is 25.8. The number of fused-ring (bicyclic) bond motifs is 1. The zero-order valence-corrected chi connectivity index (χ0v) is 26.5. The van der Waals surface area contributed by atoms with Crippen LogP contribution in [0.1, 0.15) is 15.9 Å². The van der Waals surface area contributed by atoms with Crippen LogP contribution < -0.4 is 10.6 Å². The lowest BCUT2D eigenvalue weighted by Crippen LogP contribution is -2.29. The van der Waals surface area contributed by atoms with Gasteiger partial charge in [-0.2, -0.15) is 52.7 Å². The SMILES string of the molecule is NC(=O)c1cnc(N2CC3CN(Cc4ccc(Cl)cc4)CC3C2)nc1.O=C(O)C(F)(F)F.O=C(O)C(F)(F)F.O=C(O)C(F)(F)F.O=C(O)C(F)(F)F. The molecule has 2 aromatic rings. The summed E-state index contributed by atoms with van der Waals surface area (Å²) in [5, 5.41) is 29.3. The van der Waals surface area contributed by atoms with E-state index in [-0.39, 0.29) is 0 Å². The summed E-state index contributed by atoms with van der Waals surface area (Å²) in [7, 11) is 0. The fourth-order valence-electron chi connectivity index (χ4n) is 3.84. The lowest BCUT2D eigenvalue weighted by atomic mass is 10.0. The number of hydrogen-bond donors (Lipinski definition) is 5. The third-order valence-electron chi connectivity index (χ3n) is 6.06. The van der Waals surface area contributed by atoms with Crippen LogP contribution in [0.4, 0.5) is 58.6 Å². The Kier molecular flexibility index (Phi) is 17.7. The molecule has 2 fully saturated rings. The lowest BCUT2D eigenvalue weighted by molar-refractivity contribution is -0.193. The van der Waals surface area contributed by atoms with Crippen molar-refractivity contribution in [3.05, 3.63) is 52.8 Å². The molecule has 14 nitrogen and oxygen atoms in total. The van der Waals surface area contributed by atoms with Crippen molar-refractivity contribution < 1.29 is 97.1 Å². The highest BCUT2D eigenvalue weighted by molar-refractivity contribution is 6.30. The number of alkyl halides is 12. The summed E-state index contributed by atoms with van der Waals surface area (Å²) in [6.07, 6.45) is -17.3. The quantitative estimate of drug-likeness (QED) is 0.272. The van der Waals surface area contributed by atoms with Gasteiger partial charge in [-0.3, -0.25) is 9.69 Å². The Labute approximate surface area is 292 Å². The third kappa shape index (κ3) is 18.8. The third-order valence-corrected chi connectivity index (χ3v) is 6.31. The summed E-state index contributed by atoms with van der Waals surface area (Å²) in [5.41, 5.74) is 6.88. The van der Waals surface area contributed by atoms with E-state index in [0.29, 0.717) is 23.3 Å². The van der Waals surface area contributed by atoms with E-state index in [4.69, 9.17) is 56.9 Å². The number of rotatable bonds is 4. The maximum atomic E-state index is 11.1. The van der Waals surface area contributed by atoms with Crippen molar-refractivity contribution in [2.24, 2.45) is 17.6 Å². The first kappa shape index (κ1) is 47.9. The molecular formula is C26H24ClF12N5O9. The molecule has 0 spiro atoms. The van der Waals surface area contributed by atoms with Crippen molar-refractivity contribution in [3.8, 4) is 0 Å². The molecule has 1 amide bonds. The molecule has 1 aromatic heterocycles. The fourth-order valence-corrected chi connectivity index (χ4v) is 3.97. The van der Waals surface area contributed by atoms with Gasteiger partial charge >= 0.3 is 48.6 Å². The largest absolute Gasteiger partial charge is 0.490 e. The molecule has 0 aliphatic carbocycles. The predicted molar refractivity (Wildman–Crippen MR) is 151 cm³/mol. The van der Waals surface area contributed by atoms with Crippen LogP contribution >= 0.6 is 11.6 Å². The summed E-state index contributed by atoms with van der Waals surface area (Å²) in [6, 6.07) is 8.08. The molecule has 2 atom stereocenters. The highest BCUT2D eigenvalue weighted by atomic mass is 35.5. The fraction of sp³-hybridized carbons (Fsp3) is 0.423. The number of carbonyl (C=O) groups is 5. The molecule has 4 rings (SSSR count). The first-order valence-corrected chi connectivity index (χ1v) is 13.8. The van der Waals surface area contributed by atoms with Crippen molar-refractivity contribution in [1.82, 2.24) is 14.9 Å². The van der Waals surface area contributed by atoms with Gasteiger partial charge < -0.3 is 31.1 Å². The van der Waals surface area contributed by atoms with Gasteiger partial charge in [0.2, 0.25) is 5.95 Å². The molecule has 3 heterocycles. The number of halogens is 13. The van der Waals surface area contributed by atoms with Gasteiger partial charge in [-0.05, 0) is 29.5 Å². The molecule has 6 N–H and O–H groups in total. The van der Waals surface area contributed by atoms with Crippen LogP contribution in [0, 0.1) is 11.8 Å². The second-order valence-corrected chi connectivity index (χ2v) is 10.5. The van der Waals surface area contributed by atoms with Gasteiger partial charge in [0.15, 0.2) is 0 Å². The van der Waals surface area contributed by atoms with Crippen LogP contribution in [0.3, 0.4) is 0 Å². The predicted octanol–water partition coefficient (Wildman–Crippen LogP) is 4.33. The van der Waals surface area contributed by atoms with Crippen molar-refractivity contribution >= 4 is 47.3 Å². The number of aliphatic carboxylic acids is 4. The van der Waals surface area contributed by atoms with Crippen LogP contribution in [0.25, 0.3) is 0 Å². The second kappa shape index (κ2) is 19.6. The number of carbonyl (C=O) groups excluding carboxylic acids is 1. The molecule has 298 valence electrons. The molecule has 0 bridgehead atoms. The van der Waals surface area contributed by atoms with E-state index in [1.165, 1.54) is 18.0 Å². The van der Waals surface area contributed by atoms with Crippen LogP contribution in [0.2, 0.25) is 5.02 Å². The summed E-state index contributed by atoms with van der Waals surface area (Å²) >= 11 is 5.95. The Morgan fingerprint density at radius 3 is 1.21 bits per heavy atom. The molecule has 2 aliphatic heterocycles. The average Bonchev–Trinajstić information content (AvgIpc) is 3.57. The smallest absolute Gasteiger partial charge is 0.475 e. The van der Waals surface area contributed by atoms with Crippen molar-refractivity contribution in [3.63, 3.8) is 0 Å². The molecule has 0 saturated carbocycles. The molecular weight excluding hydrogens is 790 g/mol. The minimum atomic E-state index is -5.08. The van der Waals surface area contributed by atoms with Crippen molar-refractivity contribution in [2.45, 2.75) is 31.2 Å². The molecule has 1 aromatic carbocycles. The summed E-state index contributed by atoms with van der Waals surface area (Å²) < 4.78 is 127. The normalized spacial score (nSPS) is 16.8. The molecule has 2 unspecified atom stereocenters. The minimum Gasteiger partial charge on any atom is -0.475 e. The number of aromatic nitrogens is 2. The van der Waals surface area contributed by atoms with Gasteiger partial charge in [0.1, 0.15) is 0 Å². The number of amides is 1. The molecule has 0 radical (unpaired) electrons. The topological polar surface area (TPSA) is 225 Å². The van der Waals surface area contributed by atoms with E-state index in [0.717, 1.165) is 37.7 Å². The molecule has 2 saturated heterocycles. The number of hydrogen-bond acceptors (Lipinski definition) is 9. The number of carboxylic acid groups (broad SMARTS) is 4. The number of anilines is 1. The van der Waals surface area contributed by atoms with E-state index in [9.17, 15) is 57.5 Å². The molecule has 2 aliphatic rings. The maximum Gasteiger partial charge on any atom is 0.490 e. The summed E-state index contributed by atoms with van der Waals surface area (Å²) in [6.45, 7) is 5.05. The van der Waals surface area contributed by atoms with E-state index in [2.05, 4.69) is 31.9 Å². The monoisotopic (exact) mass is 813 g/mol. The van der Waals surface area contributed by atoms with Crippen molar-refractivity contribution in [2.75, 3.05) is 31.1 Å². The van der Waals surface area contributed by atoms with E-state index in [1.54, 1.807) is 0 Å². The number of carboxylic acids is 4. The Morgan fingerprint density at radius 1 is 0.642 bits per heavy atom. The van der Waals surface area contributed by atoms with E-state index < -0.39 is 54.5 Å². The van der Waals surface area contributed by atoms with E-state index >= 15 is 0 Å². The highest BCUT2D eigenvalue weighted by Crippen LogP contribution is 2.33. The Morgan fingerprint density at radius 2 is 0.943 bits per heavy atom. The summed E-state index contributed by atoms with van der Waals surface area (Å²) in [4.78, 5) is 60.0. The average molecular weight is 814 g/mol. The van der Waals surface area contributed by atoms with Crippen LogP contribution in [-0.2, 0) is 25.7 Å². The summed E-state index contributed by atoms with van der Waals surface area (Å²) in [5.74, 6) is -9.58. The number of likely N-dealkylation sites (tertiary alicyclic amines) is 1. The second-order valence-electron chi connectivity index (χ2n) is 10.1. The highest BCUT2D eigenvalue weighted by Gasteiger charge is 2.41. The van der Waals surface area contributed by atoms with Gasteiger partial charge in [-0.1, -0.05) is 23.7 Å². The zero-order chi connectivity index (χ0) is 41.7. The van der Waals surface area contributed by atoms with Gasteiger partial charge in [0, 0.05) is 50.1 Å². The number of benzene rings is 1. The van der Waals surface area contributed by atoms with Crippen LogP contribution in [0.5, 0.6) is 0 Å². The van der Waals surface area contributed by atoms with Gasteiger partial charge in [-0.15, -0.1) is 0 Å². The van der Waals surface area contributed by atoms with Gasteiger partial charge in [-0.25, -0.2) is 29.1 Å². The lowest BCUT2D eigenvalue weighted by Gasteiger charge is -2.21. The van der Waals surface area contributed by atoms with Crippen molar-refractivity contribution in [1.29, 1.82) is 0 Å². The van der Waals surface area contributed by atoms with Gasteiger partial charge in [0.25, 0.3) is 5.91 Å². The first-order valence-electron chi connectivity index (χ1n) is 13.4. The Balaban J connectivity index is 0.000000791. The Hall–Kier alpha value is -5.14. The van der Waals surface area contributed by atoms with E-state index in [1.807, 2.05) is 12.1 Å². The Bertz CT molecular complexity index is 1430. The first-order chi connectivity index (χ1) is 23.9. The van der Waals surface area contributed by atoms with Crippen LogP contribution in [-0.4, -0.2) is 116 Å². The molecule has 27 heteroatoms.